The first-order chi connectivity index (χ1) is 6.49. The van der Waals surface area contributed by atoms with Crippen LogP contribution in [0, 0.1) is 11.8 Å². The quantitative estimate of drug-likeness (QED) is 0.669. The van der Waals surface area contributed by atoms with Gasteiger partial charge >= 0.3 is 0 Å². The van der Waals surface area contributed by atoms with Gasteiger partial charge in [-0.3, -0.25) is 4.90 Å². The SMILES string of the molecule is CCCC1CN(C(C)(C)C)CC1CC. The predicted molar refractivity (Wildman–Crippen MR) is 63.5 cm³/mol. The third-order valence-electron chi connectivity index (χ3n) is 3.71. The average molecular weight is 197 g/mol. The molecule has 0 spiro atoms. The lowest BCUT2D eigenvalue weighted by molar-refractivity contribution is 0.164. The van der Waals surface area contributed by atoms with E-state index < -0.39 is 0 Å². The highest BCUT2D eigenvalue weighted by atomic mass is 15.2. The molecule has 0 aromatic rings. The Morgan fingerprint density at radius 2 is 1.64 bits per heavy atom. The maximum absolute atomic E-state index is 2.67. The van der Waals surface area contributed by atoms with Crippen molar-refractivity contribution in [3.63, 3.8) is 0 Å². The van der Waals surface area contributed by atoms with E-state index in [0.29, 0.717) is 5.54 Å². The van der Waals surface area contributed by atoms with E-state index in [-0.39, 0.29) is 0 Å². The molecule has 0 radical (unpaired) electrons. The van der Waals surface area contributed by atoms with Crippen molar-refractivity contribution in [1.82, 2.24) is 4.90 Å². The van der Waals surface area contributed by atoms with Crippen LogP contribution >= 0.6 is 0 Å². The highest BCUT2D eigenvalue weighted by molar-refractivity contribution is 4.89. The predicted octanol–water partition coefficient (Wildman–Crippen LogP) is 3.54. The fraction of sp³-hybridized carbons (Fsp3) is 1.00. The van der Waals surface area contributed by atoms with Crippen LogP contribution in [0.1, 0.15) is 53.9 Å². The van der Waals surface area contributed by atoms with Crippen molar-refractivity contribution in [2.45, 2.75) is 59.4 Å². The van der Waals surface area contributed by atoms with Crippen molar-refractivity contribution in [2.75, 3.05) is 13.1 Å². The van der Waals surface area contributed by atoms with Crippen molar-refractivity contribution >= 4 is 0 Å². The standard InChI is InChI=1S/C13H27N/c1-6-8-12-10-14(13(3,4)5)9-11(12)7-2/h11-12H,6-10H2,1-5H3. The second kappa shape index (κ2) is 4.65. The highest BCUT2D eigenvalue weighted by Gasteiger charge is 2.35. The number of rotatable bonds is 3. The van der Waals surface area contributed by atoms with Gasteiger partial charge in [-0.25, -0.2) is 0 Å². The third-order valence-corrected chi connectivity index (χ3v) is 3.71. The Morgan fingerprint density at radius 1 is 1.07 bits per heavy atom. The van der Waals surface area contributed by atoms with Gasteiger partial charge in [-0.1, -0.05) is 26.7 Å². The summed E-state index contributed by atoms with van der Waals surface area (Å²) in [5, 5.41) is 0. The summed E-state index contributed by atoms with van der Waals surface area (Å²) in [6.45, 7) is 14.3. The molecule has 1 fully saturated rings. The number of hydrogen-bond acceptors (Lipinski definition) is 1. The van der Waals surface area contributed by atoms with E-state index >= 15 is 0 Å². The molecule has 0 saturated carbocycles. The van der Waals surface area contributed by atoms with Crippen molar-refractivity contribution in [2.24, 2.45) is 11.8 Å². The Labute approximate surface area is 89.9 Å². The van der Waals surface area contributed by atoms with E-state index in [9.17, 15) is 0 Å². The van der Waals surface area contributed by atoms with Gasteiger partial charge in [0.2, 0.25) is 0 Å². The van der Waals surface area contributed by atoms with E-state index in [1.165, 1.54) is 32.4 Å². The molecule has 0 aliphatic carbocycles. The molecule has 1 saturated heterocycles. The van der Waals surface area contributed by atoms with Gasteiger partial charge in [0.15, 0.2) is 0 Å². The molecule has 2 unspecified atom stereocenters. The highest BCUT2D eigenvalue weighted by Crippen LogP contribution is 2.33. The van der Waals surface area contributed by atoms with Gasteiger partial charge in [0.05, 0.1) is 0 Å². The molecule has 1 rings (SSSR count). The molecule has 1 heteroatoms. The molecule has 84 valence electrons. The molecule has 1 aliphatic heterocycles. The first-order valence-electron chi connectivity index (χ1n) is 6.24. The maximum atomic E-state index is 2.67. The van der Waals surface area contributed by atoms with Crippen LogP contribution < -0.4 is 0 Å². The van der Waals surface area contributed by atoms with Gasteiger partial charge in [0.25, 0.3) is 0 Å². The number of likely N-dealkylation sites (tertiary alicyclic amines) is 1. The zero-order valence-corrected chi connectivity index (χ0v) is 10.6. The minimum Gasteiger partial charge on any atom is -0.298 e. The minimum absolute atomic E-state index is 0.371. The lowest BCUT2D eigenvalue weighted by atomic mass is 9.90. The summed E-state index contributed by atoms with van der Waals surface area (Å²) in [5.41, 5.74) is 0.371. The normalized spacial score (nSPS) is 29.8. The average Bonchev–Trinajstić information content (AvgIpc) is 2.47. The summed E-state index contributed by atoms with van der Waals surface area (Å²) in [5.74, 6) is 1.92. The first kappa shape index (κ1) is 12.0. The molecular formula is C13H27N. The number of hydrogen-bond donors (Lipinski definition) is 0. The Hall–Kier alpha value is -0.0400. The van der Waals surface area contributed by atoms with Crippen LogP contribution in [-0.4, -0.2) is 23.5 Å². The van der Waals surface area contributed by atoms with E-state index in [4.69, 9.17) is 0 Å². The lowest BCUT2D eigenvalue weighted by Crippen LogP contribution is -2.39. The topological polar surface area (TPSA) is 3.24 Å². The summed E-state index contributed by atoms with van der Waals surface area (Å²) >= 11 is 0. The van der Waals surface area contributed by atoms with Crippen LogP contribution in [0.5, 0.6) is 0 Å². The third kappa shape index (κ3) is 2.73. The fourth-order valence-electron chi connectivity index (χ4n) is 2.65. The second-order valence-electron chi connectivity index (χ2n) is 5.79. The largest absolute Gasteiger partial charge is 0.298 e. The van der Waals surface area contributed by atoms with E-state index in [2.05, 4.69) is 39.5 Å². The fourth-order valence-corrected chi connectivity index (χ4v) is 2.65. The number of nitrogens with zero attached hydrogens (tertiary/aromatic N) is 1. The van der Waals surface area contributed by atoms with Crippen LogP contribution in [0.2, 0.25) is 0 Å². The van der Waals surface area contributed by atoms with E-state index in [0.717, 1.165) is 11.8 Å². The Morgan fingerprint density at radius 3 is 2.07 bits per heavy atom. The van der Waals surface area contributed by atoms with Gasteiger partial charge in [0, 0.05) is 18.6 Å². The molecule has 0 aromatic heterocycles. The Balaban J connectivity index is 2.56. The summed E-state index contributed by atoms with van der Waals surface area (Å²) in [6.07, 6.45) is 4.13. The lowest BCUT2D eigenvalue weighted by Gasteiger charge is -2.32. The van der Waals surface area contributed by atoms with Crippen molar-refractivity contribution in [3.8, 4) is 0 Å². The molecule has 2 atom stereocenters. The Kier molecular flexibility index (Phi) is 4.00. The van der Waals surface area contributed by atoms with Crippen LogP contribution in [0.15, 0.2) is 0 Å². The molecule has 14 heavy (non-hydrogen) atoms. The molecule has 0 N–H and O–H groups in total. The summed E-state index contributed by atoms with van der Waals surface area (Å²) in [6, 6.07) is 0. The van der Waals surface area contributed by atoms with Gasteiger partial charge < -0.3 is 0 Å². The van der Waals surface area contributed by atoms with Crippen LogP contribution in [0.4, 0.5) is 0 Å². The maximum Gasteiger partial charge on any atom is 0.0125 e. The van der Waals surface area contributed by atoms with Crippen LogP contribution in [0.25, 0.3) is 0 Å². The van der Waals surface area contributed by atoms with Crippen molar-refractivity contribution < 1.29 is 0 Å². The van der Waals surface area contributed by atoms with Crippen molar-refractivity contribution in [3.05, 3.63) is 0 Å². The first-order valence-corrected chi connectivity index (χ1v) is 6.24. The molecule has 0 amide bonds. The zero-order valence-electron chi connectivity index (χ0n) is 10.6. The second-order valence-corrected chi connectivity index (χ2v) is 5.79. The molecule has 0 bridgehead atoms. The van der Waals surface area contributed by atoms with Gasteiger partial charge in [-0.2, -0.15) is 0 Å². The monoisotopic (exact) mass is 197 g/mol. The molecule has 1 aliphatic rings. The molecule has 1 heterocycles. The molecular weight excluding hydrogens is 170 g/mol. The summed E-state index contributed by atoms with van der Waals surface area (Å²) in [7, 11) is 0. The Bertz CT molecular complexity index is 169. The van der Waals surface area contributed by atoms with Gasteiger partial charge in [-0.15, -0.1) is 0 Å². The molecule has 1 nitrogen and oxygen atoms in total. The summed E-state index contributed by atoms with van der Waals surface area (Å²) in [4.78, 5) is 2.67. The molecule has 0 aromatic carbocycles. The van der Waals surface area contributed by atoms with Crippen molar-refractivity contribution in [1.29, 1.82) is 0 Å². The minimum atomic E-state index is 0.371. The van der Waals surface area contributed by atoms with Gasteiger partial charge in [-0.05, 0) is 39.0 Å². The van der Waals surface area contributed by atoms with E-state index in [1.54, 1.807) is 0 Å². The smallest absolute Gasteiger partial charge is 0.0125 e. The summed E-state index contributed by atoms with van der Waals surface area (Å²) < 4.78 is 0. The van der Waals surface area contributed by atoms with E-state index in [1.807, 2.05) is 0 Å². The van der Waals surface area contributed by atoms with Crippen LogP contribution in [-0.2, 0) is 0 Å². The van der Waals surface area contributed by atoms with Gasteiger partial charge in [0.1, 0.15) is 0 Å². The van der Waals surface area contributed by atoms with Crippen LogP contribution in [0.3, 0.4) is 0 Å². The zero-order chi connectivity index (χ0) is 10.8.